The number of hydrogen-bond acceptors (Lipinski definition) is 6. The third kappa shape index (κ3) is 5.94. The van der Waals surface area contributed by atoms with E-state index in [0.29, 0.717) is 6.07 Å². The molecule has 0 bridgehead atoms. The lowest BCUT2D eigenvalue weighted by Gasteiger charge is -2.24. The molecule has 1 N–H and O–H groups in total. The molecule has 8 nitrogen and oxygen atoms in total. The minimum absolute atomic E-state index is 0.0126. The molecule has 2 atom stereocenters. The monoisotopic (exact) mass is 475 g/mol. The highest BCUT2D eigenvalue weighted by molar-refractivity contribution is 8.16. The number of benzene rings is 1. The largest absolute Gasteiger partial charge is 0.444 e. The Morgan fingerprint density at radius 3 is 2.65 bits per heavy atom. The molecular weight excluding hydrogens is 452 g/mol. The van der Waals surface area contributed by atoms with Gasteiger partial charge in [-0.1, -0.05) is 11.8 Å². The summed E-state index contributed by atoms with van der Waals surface area (Å²) in [7, 11) is -3.32. The maximum Gasteiger partial charge on any atom is 0.407 e. The highest BCUT2D eigenvalue weighted by atomic mass is 32.2. The third-order valence-electron chi connectivity index (χ3n) is 4.46. The van der Waals surface area contributed by atoms with E-state index in [1.165, 1.54) is 11.0 Å². The number of halogens is 2. The lowest BCUT2D eigenvalue weighted by molar-refractivity contribution is -0.117. The van der Waals surface area contributed by atoms with Gasteiger partial charge in [0.15, 0.2) is 15.0 Å². The predicted molar refractivity (Wildman–Crippen MR) is 114 cm³/mol. The van der Waals surface area contributed by atoms with E-state index < -0.39 is 50.4 Å². The lowest BCUT2D eigenvalue weighted by Crippen LogP contribution is -2.38. The number of nitrogens with one attached hydrogen (secondary N) is 1. The predicted octanol–water partition coefficient (Wildman–Crippen LogP) is 2.48. The van der Waals surface area contributed by atoms with E-state index in [4.69, 9.17) is 4.74 Å². The normalized spacial score (nSPS) is 23.6. The van der Waals surface area contributed by atoms with Crippen molar-refractivity contribution >= 4 is 44.5 Å². The van der Waals surface area contributed by atoms with Crippen LogP contribution in [0, 0.1) is 11.6 Å². The number of nitrogens with zero attached hydrogens (tertiary/aromatic N) is 2. The zero-order chi connectivity index (χ0) is 23.0. The number of carbonyl (C=O) groups excluding carboxylic acids is 2. The van der Waals surface area contributed by atoms with Crippen LogP contribution in [0.3, 0.4) is 0 Å². The fourth-order valence-electron chi connectivity index (χ4n) is 3.27. The first-order valence-corrected chi connectivity index (χ1v) is 12.2. The first-order chi connectivity index (χ1) is 14.3. The summed E-state index contributed by atoms with van der Waals surface area (Å²) in [5.41, 5.74) is -0.718. The van der Waals surface area contributed by atoms with Gasteiger partial charge in [0.2, 0.25) is 5.91 Å². The van der Waals surface area contributed by atoms with Crippen LogP contribution in [-0.2, 0) is 19.4 Å². The number of hydrogen-bond donors (Lipinski definition) is 1. The van der Waals surface area contributed by atoms with Gasteiger partial charge < -0.3 is 15.0 Å². The minimum Gasteiger partial charge on any atom is -0.444 e. The van der Waals surface area contributed by atoms with E-state index in [1.54, 1.807) is 20.8 Å². The molecule has 170 valence electrons. The van der Waals surface area contributed by atoms with Crippen LogP contribution in [0.5, 0.6) is 0 Å². The molecule has 12 heteroatoms. The Labute approximate surface area is 183 Å². The summed E-state index contributed by atoms with van der Waals surface area (Å²) in [6, 6.07) is 2.34. The van der Waals surface area contributed by atoms with Gasteiger partial charge in [-0.15, -0.1) is 0 Å². The average Bonchev–Trinajstić information content (AvgIpc) is 3.04. The number of aliphatic imine (C=N–C) groups is 1. The standard InChI is InChI=1S/C19H23F2N3O5S2/c1-19(2,3)29-18(26)22-7-6-16(25)23-17-24(13-5-4-11(20)8-12(13)21)14-9-31(27,28)10-15(14)30-17/h4-5,8,14-15H,6-7,9-10H2,1-3H3,(H,22,26)/t14-,15+/m0/s1. The molecule has 2 fully saturated rings. The van der Waals surface area contributed by atoms with Crippen molar-refractivity contribution in [3.8, 4) is 0 Å². The number of rotatable bonds is 4. The van der Waals surface area contributed by atoms with Crippen LogP contribution in [0.2, 0.25) is 0 Å². The zero-order valence-corrected chi connectivity index (χ0v) is 18.9. The Bertz CT molecular complexity index is 1020. The molecule has 0 radical (unpaired) electrons. The molecule has 2 saturated heterocycles. The van der Waals surface area contributed by atoms with Gasteiger partial charge in [-0.2, -0.15) is 4.99 Å². The van der Waals surface area contributed by atoms with Crippen LogP contribution in [0.1, 0.15) is 27.2 Å². The molecule has 0 spiro atoms. The maximum atomic E-state index is 14.4. The van der Waals surface area contributed by atoms with Crippen molar-refractivity contribution in [1.82, 2.24) is 5.32 Å². The minimum atomic E-state index is -3.32. The molecular formula is C19H23F2N3O5S2. The van der Waals surface area contributed by atoms with E-state index in [1.807, 2.05) is 0 Å². The van der Waals surface area contributed by atoms with Crippen molar-refractivity contribution in [2.45, 2.75) is 44.1 Å². The molecule has 1 aromatic carbocycles. The Morgan fingerprint density at radius 2 is 2.00 bits per heavy atom. The fourth-order valence-corrected chi connectivity index (χ4v) is 7.20. The van der Waals surface area contributed by atoms with Crippen molar-refractivity contribution in [3.05, 3.63) is 29.8 Å². The second-order valence-electron chi connectivity index (χ2n) is 8.23. The van der Waals surface area contributed by atoms with Crippen molar-refractivity contribution < 1.29 is 31.5 Å². The Kier molecular flexibility index (Phi) is 6.61. The first-order valence-electron chi connectivity index (χ1n) is 9.54. The van der Waals surface area contributed by atoms with Crippen LogP contribution < -0.4 is 10.2 Å². The summed E-state index contributed by atoms with van der Waals surface area (Å²) in [5, 5.41) is 2.19. The average molecular weight is 476 g/mol. The van der Waals surface area contributed by atoms with Crippen LogP contribution in [0.15, 0.2) is 23.2 Å². The van der Waals surface area contributed by atoms with Crippen LogP contribution in [0.25, 0.3) is 0 Å². The van der Waals surface area contributed by atoms with Gasteiger partial charge in [-0.05, 0) is 32.9 Å². The third-order valence-corrected chi connectivity index (χ3v) is 7.67. The zero-order valence-electron chi connectivity index (χ0n) is 17.2. The molecule has 2 amide bonds. The Balaban J connectivity index is 1.75. The van der Waals surface area contributed by atoms with E-state index in [9.17, 15) is 26.8 Å². The van der Waals surface area contributed by atoms with Gasteiger partial charge in [-0.3, -0.25) is 4.79 Å². The van der Waals surface area contributed by atoms with Crippen molar-refractivity contribution in [1.29, 1.82) is 0 Å². The quantitative estimate of drug-likeness (QED) is 0.713. The lowest BCUT2D eigenvalue weighted by atomic mass is 10.2. The van der Waals surface area contributed by atoms with Crippen LogP contribution in [-0.4, -0.2) is 60.5 Å². The van der Waals surface area contributed by atoms with Crippen LogP contribution in [0.4, 0.5) is 19.3 Å². The molecule has 2 aliphatic rings. The van der Waals surface area contributed by atoms with E-state index in [-0.39, 0.29) is 35.3 Å². The molecule has 0 aliphatic carbocycles. The number of carbonyl (C=O) groups is 2. The van der Waals surface area contributed by atoms with E-state index in [2.05, 4.69) is 10.3 Å². The van der Waals surface area contributed by atoms with Gasteiger partial charge in [0, 0.05) is 24.3 Å². The molecule has 0 aromatic heterocycles. The molecule has 2 heterocycles. The summed E-state index contributed by atoms with van der Waals surface area (Å²) >= 11 is 1.08. The molecule has 0 unspecified atom stereocenters. The summed E-state index contributed by atoms with van der Waals surface area (Å²) in [6.07, 6.45) is -0.797. The Morgan fingerprint density at radius 1 is 1.29 bits per heavy atom. The Hall–Kier alpha value is -2.21. The van der Waals surface area contributed by atoms with Gasteiger partial charge in [0.1, 0.15) is 17.2 Å². The number of anilines is 1. The van der Waals surface area contributed by atoms with Crippen molar-refractivity contribution in [3.63, 3.8) is 0 Å². The van der Waals surface area contributed by atoms with Gasteiger partial charge in [0.05, 0.1) is 23.2 Å². The highest BCUT2D eigenvalue weighted by Gasteiger charge is 2.50. The number of fused-ring (bicyclic) bond motifs is 1. The number of sulfone groups is 1. The van der Waals surface area contributed by atoms with E-state index in [0.717, 1.165) is 17.8 Å². The summed E-state index contributed by atoms with van der Waals surface area (Å²) in [6.45, 7) is 5.12. The highest BCUT2D eigenvalue weighted by Crippen LogP contribution is 2.41. The van der Waals surface area contributed by atoms with Crippen molar-refractivity contribution in [2.24, 2.45) is 4.99 Å². The molecule has 0 saturated carbocycles. The maximum absolute atomic E-state index is 14.4. The molecule has 31 heavy (non-hydrogen) atoms. The SMILES string of the molecule is CC(C)(C)OC(=O)NCCC(=O)N=C1S[C@@H]2CS(=O)(=O)C[C@@H]2N1c1ccc(F)cc1F. The summed E-state index contributed by atoms with van der Waals surface area (Å²) in [5.74, 6) is -2.55. The van der Waals surface area contributed by atoms with Crippen molar-refractivity contribution in [2.75, 3.05) is 23.0 Å². The molecule has 2 aliphatic heterocycles. The summed E-state index contributed by atoms with van der Waals surface area (Å²) < 4.78 is 57.0. The number of thioether (sulfide) groups is 1. The molecule has 1 aromatic rings. The van der Waals surface area contributed by atoms with Gasteiger partial charge in [0.25, 0.3) is 0 Å². The van der Waals surface area contributed by atoms with Gasteiger partial charge >= 0.3 is 6.09 Å². The number of amidine groups is 1. The number of alkyl carbamates (subject to hydrolysis) is 1. The number of ether oxygens (including phenoxy) is 1. The second kappa shape index (κ2) is 8.73. The number of amides is 2. The fraction of sp³-hybridized carbons (Fsp3) is 0.526. The first kappa shape index (κ1) is 23.5. The smallest absolute Gasteiger partial charge is 0.407 e. The topological polar surface area (TPSA) is 105 Å². The molecule has 3 rings (SSSR count). The van der Waals surface area contributed by atoms with Gasteiger partial charge in [-0.25, -0.2) is 22.0 Å². The van der Waals surface area contributed by atoms with Crippen LogP contribution >= 0.6 is 11.8 Å². The second-order valence-corrected chi connectivity index (χ2v) is 11.6. The van der Waals surface area contributed by atoms with E-state index >= 15 is 0 Å². The summed E-state index contributed by atoms with van der Waals surface area (Å²) in [4.78, 5) is 29.4.